The molecule has 0 heterocycles. The van der Waals surface area contributed by atoms with Crippen molar-refractivity contribution in [1.82, 2.24) is 0 Å². The molecule has 0 N–H and O–H groups in total. The smallest absolute Gasteiger partial charge is 0.250 e. The van der Waals surface area contributed by atoms with Gasteiger partial charge in [0.25, 0.3) is 0 Å². The number of rotatable bonds is 6. The molecule has 0 unspecified atom stereocenters. The van der Waals surface area contributed by atoms with E-state index in [0.29, 0.717) is 6.61 Å². The van der Waals surface area contributed by atoms with Crippen LogP contribution in [0.25, 0.3) is 11.1 Å². The summed E-state index contributed by atoms with van der Waals surface area (Å²) in [6.45, 7) is 16.2. The first kappa shape index (κ1) is 23.2. The van der Waals surface area contributed by atoms with E-state index in [1.54, 1.807) is 0 Å². The number of aryl methyl sites for hydroxylation is 2. The minimum Gasteiger partial charge on any atom is -0.543 e. The second-order valence-corrected chi connectivity index (χ2v) is 14.6. The predicted molar refractivity (Wildman–Crippen MR) is 135 cm³/mol. The standard InChI is InChI=1S/C27H33BO2Si/c1-19-15-25(30-31(6,7)27(3,4)5)16-20(2)26(19)22-10-8-9-21(17-22)18-29-24-13-11-23(28)12-14-24/h8-17H,18H2,1-7H3. The number of ether oxygens (including phenoxy) is 1. The van der Waals surface area contributed by atoms with Crippen molar-refractivity contribution >= 4 is 21.6 Å². The molecule has 0 spiro atoms. The van der Waals surface area contributed by atoms with E-state index in [-0.39, 0.29) is 5.04 Å². The summed E-state index contributed by atoms with van der Waals surface area (Å²) in [5.41, 5.74) is 6.79. The van der Waals surface area contributed by atoms with Crippen molar-refractivity contribution in [3.8, 4) is 22.6 Å². The van der Waals surface area contributed by atoms with Gasteiger partial charge in [0.15, 0.2) is 0 Å². The molecule has 2 nitrogen and oxygen atoms in total. The molecule has 0 atom stereocenters. The van der Waals surface area contributed by atoms with Gasteiger partial charge in [0, 0.05) is 0 Å². The van der Waals surface area contributed by atoms with Crippen molar-refractivity contribution < 1.29 is 9.16 Å². The molecule has 3 aromatic rings. The van der Waals surface area contributed by atoms with Crippen LogP contribution < -0.4 is 14.6 Å². The van der Waals surface area contributed by atoms with Crippen LogP contribution in [0, 0.1) is 13.8 Å². The molecule has 0 aliphatic carbocycles. The summed E-state index contributed by atoms with van der Waals surface area (Å²) < 4.78 is 12.5. The van der Waals surface area contributed by atoms with E-state index in [1.165, 1.54) is 22.3 Å². The van der Waals surface area contributed by atoms with Crippen molar-refractivity contribution in [2.75, 3.05) is 0 Å². The molecule has 31 heavy (non-hydrogen) atoms. The van der Waals surface area contributed by atoms with E-state index < -0.39 is 8.32 Å². The summed E-state index contributed by atoms with van der Waals surface area (Å²) >= 11 is 0. The highest BCUT2D eigenvalue weighted by atomic mass is 28.4. The average molecular weight is 428 g/mol. The molecule has 160 valence electrons. The van der Waals surface area contributed by atoms with Crippen molar-refractivity contribution in [2.24, 2.45) is 0 Å². The minimum absolute atomic E-state index is 0.173. The molecule has 3 aromatic carbocycles. The van der Waals surface area contributed by atoms with E-state index in [2.05, 4.69) is 84.1 Å². The molecule has 0 amide bonds. The zero-order valence-corrected chi connectivity index (χ0v) is 20.9. The molecule has 0 aliphatic heterocycles. The van der Waals surface area contributed by atoms with Crippen LogP contribution in [-0.2, 0) is 6.61 Å². The van der Waals surface area contributed by atoms with Crippen LogP contribution in [0.1, 0.15) is 37.5 Å². The first-order valence-corrected chi connectivity index (χ1v) is 13.7. The number of hydrogen-bond donors (Lipinski definition) is 0. The van der Waals surface area contributed by atoms with E-state index in [1.807, 2.05) is 24.3 Å². The summed E-state index contributed by atoms with van der Waals surface area (Å²) in [4.78, 5) is 0. The molecule has 4 heteroatoms. The number of benzene rings is 3. The Labute approximate surface area is 190 Å². The first-order chi connectivity index (χ1) is 14.5. The molecule has 0 aromatic heterocycles. The fourth-order valence-corrected chi connectivity index (χ4v) is 4.45. The van der Waals surface area contributed by atoms with Gasteiger partial charge in [-0.15, -0.1) is 0 Å². The van der Waals surface area contributed by atoms with Crippen LogP contribution in [0.4, 0.5) is 0 Å². The van der Waals surface area contributed by atoms with Crippen LogP contribution in [-0.4, -0.2) is 16.2 Å². The number of hydrogen-bond acceptors (Lipinski definition) is 2. The Morgan fingerprint density at radius 2 is 1.45 bits per heavy atom. The second-order valence-electron chi connectivity index (χ2n) is 9.85. The maximum atomic E-state index is 6.55. The third kappa shape index (κ3) is 5.62. The highest BCUT2D eigenvalue weighted by Gasteiger charge is 2.39. The van der Waals surface area contributed by atoms with Gasteiger partial charge in [-0.2, -0.15) is 0 Å². The minimum atomic E-state index is -1.87. The molecule has 0 fully saturated rings. The summed E-state index contributed by atoms with van der Waals surface area (Å²) in [5.74, 6) is 1.80. The normalized spacial score (nSPS) is 12.0. The van der Waals surface area contributed by atoms with Crippen LogP contribution in [0.15, 0.2) is 60.7 Å². The Morgan fingerprint density at radius 1 is 0.839 bits per heavy atom. The molecule has 0 aliphatic rings. The van der Waals surface area contributed by atoms with E-state index in [9.17, 15) is 0 Å². The van der Waals surface area contributed by atoms with Crippen molar-refractivity contribution in [2.45, 2.75) is 59.4 Å². The predicted octanol–water partition coefficient (Wildman–Crippen LogP) is 6.73. The Bertz CT molecular complexity index is 1030. The lowest BCUT2D eigenvalue weighted by Crippen LogP contribution is -2.43. The van der Waals surface area contributed by atoms with Gasteiger partial charge >= 0.3 is 0 Å². The third-order valence-electron chi connectivity index (χ3n) is 6.19. The molecule has 2 radical (unpaired) electrons. The summed E-state index contributed by atoms with van der Waals surface area (Å²) in [5, 5.41) is 0.173. The Kier molecular flexibility index (Phi) is 6.71. The molecular formula is C27H33BO2Si. The van der Waals surface area contributed by atoms with Crippen molar-refractivity contribution in [3.63, 3.8) is 0 Å². The molecule has 3 rings (SSSR count). The quantitative estimate of drug-likeness (QED) is 0.406. The summed E-state index contributed by atoms with van der Waals surface area (Å²) in [6, 6.07) is 20.4. The second kappa shape index (κ2) is 8.96. The largest absolute Gasteiger partial charge is 0.543 e. The van der Waals surface area contributed by atoms with Crippen LogP contribution >= 0.6 is 0 Å². The SMILES string of the molecule is [B]c1ccc(OCc2cccc(-c3c(C)cc(O[Si](C)(C)C(C)(C)C)cc3C)c2)cc1. The third-order valence-corrected chi connectivity index (χ3v) is 10.5. The maximum Gasteiger partial charge on any atom is 0.250 e. The highest BCUT2D eigenvalue weighted by Crippen LogP contribution is 2.39. The lowest BCUT2D eigenvalue weighted by Gasteiger charge is -2.36. The zero-order valence-electron chi connectivity index (χ0n) is 19.9. The van der Waals surface area contributed by atoms with Crippen molar-refractivity contribution in [3.05, 3.63) is 77.4 Å². The van der Waals surface area contributed by atoms with Gasteiger partial charge in [-0.3, -0.25) is 0 Å². The van der Waals surface area contributed by atoms with Gasteiger partial charge < -0.3 is 9.16 Å². The lowest BCUT2D eigenvalue weighted by atomic mass is 9.94. The Hall–Kier alpha value is -2.46. The van der Waals surface area contributed by atoms with E-state index >= 15 is 0 Å². The fourth-order valence-electron chi connectivity index (χ4n) is 3.43. The molecule has 0 saturated carbocycles. The maximum absolute atomic E-state index is 6.55. The van der Waals surface area contributed by atoms with Crippen molar-refractivity contribution in [1.29, 1.82) is 0 Å². The van der Waals surface area contributed by atoms with Gasteiger partial charge in [0.1, 0.15) is 26.0 Å². The van der Waals surface area contributed by atoms with Crippen LogP contribution in [0.5, 0.6) is 11.5 Å². The Morgan fingerprint density at radius 3 is 2.03 bits per heavy atom. The fraction of sp³-hybridized carbons (Fsp3) is 0.333. The topological polar surface area (TPSA) is 18.5 Å². The summed E-state index contributed by atoms with van der Waals surface area (Å²) in [6.07, 6.45) is 0. The molecule has 0 saturated heterocycles. The van der Waals surface area contributed by atoms with E-state index in [0.717, 1.165) is 22.5 Å². The molecular weight excluding hydrogens is 395 g/mol. The van der Waals surface area contributed by atoms with Gasteiger partial charge in [-0.05, 0) is 90.1 Å². The van der Waals surface area contributed by atoms with Gasteiger partial charge in [0.05, 0.1) is 0 Å². The monoisotopic (exact) mass is 428 g/mol. The van der Waals surface area contributed by atoms with Gasteiger partial charge in [-0.25, -0.2) is 0 Å². The molecule has 0 bridgehead atoms. The van der Waals surface area contributed by atoms with Gasteiger partial charge in [0.2, 0.25) is 8.32 Å². The van der Waals surface area contributed by atoms with Crippen LogP contribution in [0.3, 0.4) is 0 Å². The summed E-state index contributed by atoms with van der Waals surface area (Å²) in [7, 11) is 3.88. The Balaban J connectivity index is 1.82. The lowest BCUT2D eigenvalue weighted by molar-refractivity contribution is 0.306. The van der Waals surface area contributed by atoms with Crippen LogP contribution in [0.2, 0.25) is 18.1 Å². The van der Waals surface area contributed by atoms with Gasteiger partial charge in [-0.1, -0.05) is 56.6 Å². The van der Waals surface area contributed by atoms with E-state index in [4.69, 9.17) is 17.0 Å². The zero-order chi connectivity index (χ0) is 22.8. The first-order valence-electron chi connectivity index (χ1n) is 10.8. The average Bonchev–Trinajstić information content (AvgIpc) is 2.66. The highest BCUT2D eigenvalue weighted by molar-refractivity contribution is 6.74.